The maximum Gasteiger partial charge on any atom is 0.239 e. The number of rotatable bonds is 3. The Morgan fingerprint density at radius 3 is 2.60 bits per heavy atom. The highest BCUT2D eigenvalue weighted by Gasteiger charge is 2.32. The van der Waals surface area contributed by atoms with E-state index in [9.17, 15) is 4.79 Å². The first-order valence-corrected chi connectivity index (χ1v) is 8.57. The van der Waals surface area contributed by atoms with E-state index in [1.807, 2.05) is 0 Å². The van der Waals surface area contributed by atoms with Crippen LogP contribution < -0.4 is 5.32 Å². The minimum atomic E-state index is 0.109. The van der Waals surface area contributed by atoms with Crippen molar-refractivity contribution in [1.29, 1.82) is 0 Å². The molecule has 1 unspecified atom stereocenters. The molecule has 3 aliphatic heterocycles. The van der Waals surface area contributed by atoms with Crippen LogP contribution in [0.5, 0.6) is 0 Å². The monoisotopic (exact) mass is 279 g/mol. The molecular formula is C16H29N3O. The minimum Gasteiger partial charge on any atom is -0.341 e. The molecule has 4 heteroatoms. The lowest BCUT2D eigenvalue weighted by atomic mass is 10.0. The number of likely N-dealkylation sites (tertiary alicyclic amines) is 2. The number of piperidine rings is 2. The van der Waals surface area contributed by atoms with Gasteiger partial charge in [-0.2, -0.15) is 0 Å². The molecule has 114 valence electrons. The van der Waals surface area contributed by atoms with Gasteiger partial charge in [0, 0.05) is 19.6 Å². The standard InChI is InChI=1S/C16H29N3O/c20-16(15-6-2-3-8-17-15)19-11-7-14(13-19)12-18-9-4-1-5-10-18/h14-15,17H,1-13H2/t14?,15-/m1/s1. The second-order valence-electron chi connectivity index (χ2n) is 6.80. The maximum absolute atomic E-state index is 12.5. The molecule has 0 aliphatic carbocycles. The summed E-state index contributed by atoms with van der Waals surface area (Å²) in [6.45, 7) is 6.75. The van der Waals surface area contributed by atoms with Crippen LogP contribution in [0.15, 0.2) is 0 Å². The van der Waals surface area contributed by atoms with Crippen molar-refractivity contribution in [3.8, 4) is 0 Å². The summed E-state index contributed by atoms with van der Waals surface area (Å²) in [5.74, 6) is 1.08. The first-order valence-electron chi connectivity index (χ1n) is 8.57. The van der Waals surface area contributed by atoms with E-state index in [1.165, 1.54) is 58.2 Å². The smallest absolute Gasteiger partial charge is 0.239 e. The van der Waals surface area contributed by atoms with E-state index in [4.69, 9.17) is 0 Å². The van der Waals surface area contributed by atoms with Crippen molar-refractivity contribution in [2.45, 2.75) is 51.0 Å². The van der Waals surface area contributed by atoms with Gasteiger partial charge in [0.1, 0.15) is 0 Å². The van der Waals surface area contributed by atoms with Gasteiger partial charge in [-0.1, -0.05) is 12.8 Å². The van der Waals surface area contributed by atoms with Gasteiger partial charge in [-0.15, -0.1) is 0 Å². The molecule has 0 saturated carbocycles. The average Bonchev–Trinajstić information content (AvgIpc) is 2.97. The van der Waals surface area contributed by atoms with Crippen molar-refractivity contribution >= 4 is 5.91 Å². The fourth-order valence-corrected chi connectivity index (χ4v) is 3.97. The fraction of sp³-hybridized carbons (Fsp3) is 0.938. The lowest BCUT2D eigenvalue weighted by molar-refractivity contribution is -0.133. The number of nitrogens with zero attached hydrogens (tertiary/aromatic N) is 2. The number of carbonyl (C=O) groups excluding carboxylic acids is 1. The highest BCUT2D eigenvalue weighted by atomic mass is 16.2. The molecule has 1 N–H and O–H groups in total. The average molecular weight is 279 g/mol. The van der Waals surface area contributed by atoms with Gasteiger partial charge in [-0.3, -0.25) is 4.79 Å². The van der Waals surface area contributed by atoms with E-state index in [0.717, 1.165) is 26.1 Å². The van der Waals surface area contributed by atoms with Crippen molar-refractivity contribution in [2.24, 2.45) is 5.92 Å². The van der Waals surface area contributed by atoms with Crippen LogP contribution in [0, 0.1) is 5.92 Å². The molecule has 20 heavy (non-hydrogen) atoms. The highest BCUT2D eigenvalue weighted by molar-refractivity contribution is 5.82. The van der Waals surface area contributed by atoms with Crippen LogP contribution in [0.1, 0.15) is 44.9 Å². The Morgan fingerprint density at radius 1 is 1.00 bits per heavy atom. The number of hydrogen-bond donors (Lipinski definition) is 1. The van der Waals surface area contributed by atoms with E-state index in [-0.39, 0.29) is 6.04 Å². The van der Waals surface area contributed by atoms with Crippen molar-refractivity contribution < 1.29 is 4.79 Å². The molecule has 3 saturated heterocycles. The van der Waals surface area contributed by atoms with Crippen LogP contribution in [-0.4, -0.2) is 61.0 Å². The summed E-state index contributed by atoms with van der Waals surface area (Å²) >= 11 is 0. The van der Waals surface area contributed by atoms with Gasteiger partial charge >= 0.3 is 0 Å². The van der Waals surface area contributed by atoms with Crippen molar-refractivity contribution in [3.63, 3.8) is 0 Å². The summed E-state index contributed by atoms with van der Waals surface area (Å²) in [6.07, 6.45) is 8.79. The molecule has 0 spiro atoms. The van der Waals surface area contributed by atoms with Gasteiger partial charge in [0.25, 0.3) is 0 Å². The van der Waals surface area contributed by atoms with Crippen LogP contribution in [0.2, 0.25) is 0 Å². The Bertz CT molecular complexity index is 322. The van der Waals surface area contributed by atoms with Crippen molar-refractivity contribution in [3.05, 3.63) is 0 Å². The zero-order valence-electron chi connectivity index (χ0n) is 12.6. The van der Waals surface area contributed by atoms with Gasteiger partial charge < -0.3 is 15.1 Å². The first kappa shape index (κ1) is 14.3. The summed E-state index contributed by atoms with van der Waals surface area (Å²) < 4.78 is 0. The summed E-state index contributed by atoms with van der Waals surface area (Å²) in [6, 6.07) is 0.109. The van der Waals surface area contributed by atoms with E-state index in [0.29, 0.717) is 11.8 Å². The highest BCUT2D eigenvalue weighted by Crippen LogP contribution is 2.21. The van der Waals surface area contributed by atoms with Crippen LogP contribution in [0.25, 0.3) is 0 Å². The molecule has 3 aliphatic rings. The third-order valence-electron chi connectivity index (χ3n) is 5.17. The normalized spacial score (nSPS) is 32.5. The molecule has 0 aromatic heterocycles. The van der Waals surface area contributed by atoms with E-state index in [1.54, 1.807) is 0 Å². The van der Waals surface area contributed by atoms with Gasteiger partial charge in [-0.25, -0.2) is 0 Å². The molecule has 0 aromatic rings. The maximum atomic E-state index is 12.5. The summed E-state index contributed by atoms with van der Waals surface area (Å²) in [7, 11) is 0. The lowest BCUT2D eigenvalue weighted by Gasteiger charge is -2.30. The third kappa shape index (κ3) is 3.53. The van der Waals surface area contributed by atoms with Gasteiger partial charge in [0.15, 0.2) is 0 Å². The molecule has 0 bridgehead atoms. The number of amides is 1. The predicted molar refractivity (Wildman–Crippen MR) is 80.6 cm³/mol. The topological polar surface area (TPSA) is 35.6 Å². The Balaban J connectivity index is 1.44. The van der Waals surface area contributed by atoms with Gasteiger partial charge in [0.2, 0.25) is 5.91 Å². The molecule has 0 radical (unpaired) electrons. The largest absolute Gasteiger partial charge is 0.341 e. The van der Waals surface area contributed by atoms with Crippen LogP contribution >= 0.6 is 0 Å². The predicted octanol–water partition coefficient (Wildman–Crippen LogP) is 1.46. The van der Waals surface area contributed by atoms with E-state index >= 15 is 0 Å². The molecule has 3 rings (SSSR count). The zero-order chi connectivity index (χ0) is 13.8. The van der Waals surface area contributed by atoms with Crippen LogP contribution in [0.3, 0.4) is 0 Å². The summed E-state index contributed by atoms with van der Waals surface area (Å²) in [4.78, 5) is 17.2. The summed E-state index contributed by atoms with van der Waals surface area (Å²) in [5.41, 5.74) is 0. The second kappa shape index (κ2) is 6.90. The zero-order valence-corrected chi connectivity index (χ0v) is 12.6. The van der Waals surface area contributed by atoms with E-state index in [2.05, 4.69) is 15.1 Å². The second-order valence-corrected chi connectivity index (χ2v) is 6.80. The Morgan fingerprint density at radius 2 is 1.85 bits per heavy atom. The number of nitrogens with one attached hydrogen (secondary N) is 1. The first-order chi connectivity index (χ1) is 9.83. The Hall–Kier alpha value is -0.610. The molecular weight excluding hydrogens is 250 g/mol. The van der Waals surface area contributed by atoms with Gasteiger partial charge in [-0.05, 0) is 57.7 Å². The SMILES string of the molecule is O=C([C@H]1CCCCN1)N1CCC(CN2CCCCC2)C1. The van der Waals surface area contributed by atoms with Crippen LogP contribution in [0.4, 0.5) is 0 Å². The fourth-order valence-electron chi connectivity index (χ4n) is 3.97. The molecule has 2 atom stereocenters. The Kier molecular flexibility index (Phi) is 4.94. The quantitative estimate of drug-likeness (QED) is 0.849. The molecule has 3 fully saturated rings. The number of hydrogen-bond acceptors (Lipinski definition) is 3. The summed E-state index contributed by atoms with van der Waals surface area (Å²) in [5, 5.41) is 3.39. The Labute approximate surface area is 122 Å². The minimum absolute atomic E-state index is 0.109. The molecule has 3 heterocycles. The van der Waals surface area contributed by atoms with E-state index < -0.39 is 0 Å². The van der Waals surface area contributed by atoms with Crippen molar-refractivity contribution in [2.75, 3.05) is 39.3 Å². The van der Waals surface area contributed by atoms with Crippen molar-refractivity contribution in [1.82, 2.24) is 15.1 Å². The van der Waals surface area contributed by atoms with Gasteiger partial charge in [0.05, 0.1) is 6.04 Å². The molecule has 4 nitrogen and oxygen atoms in total. The number of carbonyl (C=O) groups is 1. The van der Waals surface area contributed by atoms with Crippen LogP contribution in [-0.2, 0) is 4.79 Å². The third-order valence-corrected chi connectivity index (χ3v) is 5.17. The lowest BCUT2D eigenvalue weighted by Crippen LogP contribution is -2.48. The molecule has 1 amide bonds. The molecule has 0 aromatic carbocycles.